The monoisotopic (exact) mass is 224 g/mol. The van der Waals surface area contributed by atoms with Crippen LogP contribution in [0.25, 0.3) is 0 Å². The first-order chi connectivity index (χ1) is 5.85. The highest BCUT2D eigenvalue weighted by atomic mass is 35.5. The second-order valence-corrected chi connectivity index (χ2v) is 4.62. The normalized spacial score (nSPS) is 29.2. The van der Waals surface area contributed by atoms with Gasteiger partial charge >= 0.3 is 6.16 Å². The van der Waals surface area contributed by atoms with E-state index >= 15 is 0 Å². The smallest absolute Gasteiger partial charge is 0.450 e. The topological polar surface area (TPSA) is 46.5 Å². The lowest BCUT2D eigenvalue weighted by Gasteiger charge is -1.99. The molecule has 1 rings (SSSR count). The molecule has 2 atom stereocenters. The molecular formula is C8H10Cl2O3. The van der Waals surface area contributed by atoms with Gasteiger partial charge in [0.05, 0.1) is 0 Å². The molecule has 74 valence electrons. The molecule has 0 aromatic carbocycles. The van der Waals surface area contributed by atoms with Gasteiger partial charge in [0.25, 0.3) is 0 Å². The molecule has 0 bridgehead atoms. The maximum Gasteiger partial charge on any atom is 0.506 e. The van der Waals surface area contributed by atoms with Crippen LogP contribution in [0.5, 0.6) is 0 Å². The number of ether oxygens (including phenoxy) is 1. The predicted octanol–water partition coefficient (Wildman–Crippen LogP) is 3.02. The minimum absolute atomic E-state index is 0.0198. The van der Waals surface area contributed by atoms with Crippen LogP contribution < -0.4 is 0 Å². The van der Waals surface area contributed by atoms with Crippen molar-refractivity contribution in [3.63, 3.8) is 0 Å². The lowest BCUT2D eigenvalue weighted by atomic mass is 10.1. The highest BCUT2D eigenvalue weighted by molar-refractivity contribution is 6.55. The Kier molecular flexibility index (Phi) is 2.78. The first kappa shape index (κ1) is 10.7. The summed E-state index contributed by atoms with van der Waals surface area (Å²) in [5.41, 5.74) is -0.201. The molecule has 0 amide bonds. The van der Waals surface area contributed by atoms with E-state index in [0.717, 1.165) is 0 Å². The standard InChI is InChI=1S/C8H10Cl2O3/c1-8(2)4(3-5(9)10)6(8)13-7(11)12/h3-4,6H,1-2H3,(H,11,12)/t4-,6+/m1/s1. The third-order valence-electron chi connectivity index (χ3n) is 2.34. The molecule has 1 aliphatic carbocycles. The highest BCUT2D eigenvalue weighted by Crippen LogP contribution is 2.55. The number of hydrogen-bond acceptors (Lipinski definition) is 2. The van der Waals surface area contributed by atoms with Crippen molar-refractivity contribution in [3.8, 4) is 0 Å². The molecule has 0 spiro atoms. The minimum atomic E-state index is -1.26. The largest absolute Gasteiger partial charge is 0.506 e. The van der Waals surface area contributed by atoms with Crippen LogP contribution in [-0.2, 0) is 4.74 Å². The molecule has 0 saturated heterocycles. The van der Waals surface area contributed by atoms with E-state index in [-0.39, 0.29) is 21.9 Å². The molecule has 13 heavy (non-hydrogen) atoms. The zero-order valence-electron chi connectivity index (χ0n) is 7.25. The molecule has 5 heteroatoms. The van der Waals surface area contributed by atoms with Crippen LogP contribution in [0.3, 0.4) is 0 Å². The Balaban J connectivity index is 2.61. The van der Waals surface area contributed by atoms with Gasteiger partial charge in [-0.3, -0.25) is 0 Å². The molecule has 0 aliphatic heterocycles. The molecule has 0 aromatic rings. The number of hydrogen-bond donors (Lipinski definition) is 1. The van der Waals surface area contributed by atoms with Crippen molar-refractivity contribution in [2.45, 2.75) is 20.0 Å². The molecule has 1 N–H and O–H groups in total. The second kappa shape index (κ2) is 3.39. The minimum Gasteiger partial charge on any atom is -0.450 e. The van der Waals surface area contributed by atoms with E-state index < -0.39 is 6.16 Å². The van der Waals surface area contributed by atoms with Crippen molar-refractivity contribution < 1.29 is 14.6 Å². The van der Waals surface area contributed by atoms with E-state index in [4.69, 9.17) is 28.3 Å². The third-order valence-corrected chi connectivity index (χ3v) is 2.59. The van der Waals surface area contributed by atoms with E-state index in [0.29, 0.717) is 0 Å². The Morgan fingerprint density at radius 2 is 2.08 bits per heavy atom. The van der Waals surface area contributed by atoms with Crippen LogP contribution >= 0.6 is 23.2 Å². The summed E-state index contributed by atoms with van der Waals surface area (Å²) in [5, 5.41) is 8.40. The number of carbonyl (C=O) groups is 1. The first-order valence-corrected chi connectivity index (χ1v) is 4.53. The molecule has 0 heterocycles. The molecule has 0 radical (unpaired) electrons. The fourth-order valence-corrected chi connectivity index (χ4v) is 1.67. The quantitative estimate of drug-likeness (QED) is 0.734. The summed E-state index contributed by atoms with van der Waals surface area (Å²) in [4.78, 5) is 10.3. The van der Waals surface area contributed by atoms with Gasteiger partial charge < -0.3 is 9.84 Å². The van der Waals surface area contributed by atoms with Crippen molar-refractivity contribution in [2.24, 2.45) is 11.3 Å². The van der Waals surface area contributed by atoms with Gasteiger partial charge in [0.1, 0.15) is 10.6 Å². The van der Waals surface area contributed by atoms with Gasteiger partial charge in [-0.2, -0.15) is 0 Å². The molecular weight excluding hydrogens is 215 g/mol. The van der Waals surface area contributed by atoms with Crippen molar-refractivity contribution in [3.05, 3.63) is 10.6 Å². The average molecular weight is 225 g/mol. The van der Waals surface area contributed by atoms with Crippen molar-refractivity contribution >= 4 is 29.4 Å². The zero-order valence-corrected chi connectivity index (χ0v) is 8.76. The summed E-state index contributed by atoms with van der Waals surface area (Å²) >= 11 is 10.9. The Morgan fingerprint density at radius 1 is 1.54 bits per heavy atom. The van der Waals surface area contributed by atoms with Crippen LogP contribution in [0, 0.1) is 11.3 Å². The van der Waals surface area contributed by atoms with Gasteiger partial charge in [-0.15, -0.1) is 0 Å². The maximum absolute atomic E-state index is 10.3. The van der Waals surface area contributed by atoms with E-state index in [1.807, 2.05) is 13.8 Å². The third kappa shape index (κ3) is 2.29. The number of carboxylic acid groups (broad SMARTS) is 1. The SMILES string of the molecule is CC1(C)[C@H](C=C(Cl)Cl)[C@@H]1OC(=O)O. The fraction of sp³-hybridized carbons (Fsp3) is 0.625. The van der Waals surface area contributed by atoms with Crippen molar-refractivity contribution in [1.82, 2.24) is 0 Å². The van der Waals surface area contributed by atoms with Crippen LogP contribution in [0.1, 0.15) is 13.8 Å². The van der Waals surface area contributed by atoms with E-state index in [1.165, 1.54) is 0 Å². The Morgan fingerprint density at radius 3 is 2.46 bits per heavy atom. The van der Waals surface area contributed by atoms with Gasteiger partial charge in [-0.1, -0.05) is 37.0 Å². The van der Waals surface area contributed by atoms with E-state index in [1.54, 1.807) is 6.08 Å². The van der Waals surface area contributed by atoms with Gasteiger partial charge in [0.15, 0.2) is 0 Å². The average Bonchev–Trinajstić information content (AvgIpc) is 2.36. The Labute approximate surface area is 86.3 Å². The molecule has 1 fully saturated rings. The molecule has 0 unspecified atom stereocenters. The number of halogens is 2. The van der Waals surface area contributed by atoms with Crippen molar-refractivity contribution in [1.29, 1.82) is 0 Å². The van der Waals surface area contributed by atoms with E-state index in [2.05, 4.69) is 4.74 Å². The van der Waals surface area contributed by atoms with Crippen molar-refractivity contribution in [2.75, 3.05) is 0 Å². The lowest BCUT2D eigenvalue weighted by molar-refractivity contribution is 0.0732. The molecule has 0 aromatic heterocycles. The second-order valence-electron chi connectivity index (χ2n) is 3.61. The molecule has 1 saturated carbocycles. The summed E-state index contributed by atoms with van der Waals surface area (Å²) in [6.45, 7) is 3.80. The Hall–Kier alpha value is -0.410. The summed E-state index contributed by atoms with van der Waals surface area (Å²) in [5.74, 6) is -0.0198. The van der Waals surface area contributed by atoms with Crippen LogP contribution in [0.15, 0.2) is 10.6 Å². The van der Waals surface area contributed by atoms with E-state index in [9.17, 15) is 4.79 Å². The van der Waals surface area contributed by atoms with Crippen LogP contribution in [0.2, 0.25) is 0 Å². The predicted molar refractivity (Wildman–Crippen MR) is 50.0 cm³/mol. The fourth-order valence-electron chi connectivity index (χ4n) is 1.40. The summed E-state index contributed by atoms with van der Waals surface area (Å²) < 4.78 is 4.79. The first-order valence-electron chi connectivity index (χ1n) is 3.78. The summed E-state index contributed by atoms with van der Waals surface area (Å²) in [6, 6.07) is 0. The maximum atomic E-state index is 10.3. The highest BCUT2D eigenvalue weighted by Gasteiger charge is 2.60. The summed E-state index contributed by atoms with van der Waals surface area (Å²) in [6.07, 6.45) is 0.00801. The van der Waals surface area contributed by atoms with Crippen LogP contribution in [0.4, 0.5) is 4.79 Å². The summed E-state index contributed by atoms with van der Waals surface area (Å²) in [7, 11) is 0. The van der Waals surface area contributed by atoms with Gasteiger partial charge in [0, 0.05) is 11.3 Å². The molecule has 3 nitrogen and oxygen atoms in total. The zero-order chi connectivity index (χ0) is 10.2. The lowest BCUT2D eigenvalue weighted by Crippen LogP contribution is -2.07. The number of rotatable bonds is 2. The van der Waals surface area contributed by atoms with Crippen LogP contribution in [-0.4, -0.2) is 17.4 Å². The van der Waals surface area contributed by atoms with Gasteiger partial charge in [-0.25, -0.2) is 4.79 Å². The molecule has 1 aliphatic rings. The van der Waals surface area contributed by atoms with Gasteiger partial charge in [-0.05, 0) is 6.08 Å². The van der Waals surface area contributed by atoms with Gasteiger partial charge in [0.2, 0.25) is 0 Å². The Bertz CT molecular complexity index is 256.